The van der Waals surface area contributed by atoms with Gasteiger partial charge in [0.15, 0.2) is 0 Å². The van der Waals surface area contributed by atoms with Crippen LogP contribution in [0.2, 0.25) is 0 Å². The minimum absolute atomic E-state index is 0.168. The lowest BCUT2D eigenvalue weighted by atomic mass is 10.1. The second kappa shape index (κ2) is 4.58. The molecule has 0 atom stereocenters. The Morgan fingerprint density at radius 1 is 1.53 bits per heavy atom. The van der Waals surface area contributed by atoms with Gasteiger partial charge in [-0.15, -0.1) is 0 Å². The number of rotatable bonds is 3. The average Bonchev–Trinajstić information content (AvgIpc) is 2.75. The molecule has 17 heavy (non-hydrogen) atoms. The van der Waals surface area contributed by atoms with Crippen LogP contribution in [0.3, 0.4) is 0 Å². The number of aromatic carboxylic acids is 1. The van der Waals surface area contributed by atoms with Gasteiger partial charge in [0, 0.05) is 12.3 Å². The van der Waals surface area contributed by atoms with Gasteiger partial charge in [0.05, 0.1) is 29.0 Å². The summed E-state index contributed by atoms with van der Waals surface area (Å²) >= 11 is 3.26. The van der Waals surface area contributed by atoms with Crippen molar-refractivity contribution in [2.45, 2.75) is 0 Å². The number of carboxylic acids is 1. The van der Waals surface area contributed by atoms with E-state index in [-0.39, 0.29) is 5.56 Å². The molecule has 0 aliphatic rings. The van der Waals surface area contributed by atoms with Crippen molar-refractivity contribution >= 4 is 21.9 Å². The number of hydrogen-bond acceptors (Lipinski definition) is 3. The van der Waals surface area contributed by atoms with Crippen LogP contribution >= 0.6 is 15.9 Å². The number of benzene rings is 1. The van der Waals surface area contributed by atoms with Crippen molar-refractivity contribution in [3.05, 3.63) is 40.6 Å². The number of aromatic nitrogens is 2. The van der Waals surface area contributed by atoms with Gasteiger partial charge in [0.1, 0.15) is 5.75 Å². The molecule has 0 amide bonds. The van der Waals surface area contributed by atoms with Crippen LogP contribution in [0, 0.1) is 0 Å². The molecule has 5 nitrogen and oxygen atoms in total. The fourth-order valence-corrected chi connectivity index (χ4v) is 1.73. The third kappa shape index (κ3) is 2.31. The molecule has 2 aromatic rings. The summed E-state index contributed by atoms with van der Waals surface area (Å²) in [6, 6.07) is 4.72. The van der Waals surface area contributed by atoms with Crippen LogP contribution in [0.4, 0.5) is 0 Å². The van der Waals surface area contributed by atoms with E-state index in [1.54, 1.807) is 24.5 Å². The fraction of sp³-hybridized carbons (Fsp3) is 0.0909. The number of methoxy groups -OCH3 is 1. The summed E-state index contributed by atoms with van der Waals surface area (Å²) in [4.78, 5) is 11.1. The van der Waals surface area contributed by atoms with Gasteiger partial charge in [-0.05, 0) is 28.1 Å². The van der Waals surface area contributed by atoms with Gasteiger partial charge in [0.25, 0.3) is 0 Å². The SMILES string of the molecule is COc1ccc(C(=O)O)c(-n2cc(Br)cn2)c1. The highest BCUT2D eigenvalue weighted by molar-refractivity contribution is 9.10. The van der Waals surface area contributed by atoms with E-state index in [1.165, 1.54) is 17.9 Å². The Kier molecular flexibility index (Phi) is 3.14. The maximum Gasteiger partial charge on any atom is 0.337 e. The second-order valence-electron chi connectivity index (χ2n) is 3.29. The summed E-state index contributed by atoms with van der Waals surface area (Å²) in [7, 11) is 1.53. The summed E-state index contributed by atoms with van der Waals surface area (Å²) in [5.74, 6) is -0.425. The predicted molar refractivity (Wildman–Crippen MR) is 64.8 cm³/mol. The molecular formula is C11H9BrN2O3. The summed E-state index contributed by atoms with van der Waals surface area (Å²) in [5, 5.41) is 13.2. The van der Waals surface area contributed by atoms with E-state index in [9.17, 15) is 4.79 Å². The largest absolute Gasteiger partial charge is 0.497 e. The van der Waals surface area contributed by atoms with E-state index in [2.05, 4.69) is 21.0 Å². The zero-order valence-corrected chi connectivity index (χ0v) is 10.5. The molecule has 1 N–H and O–H groups in total. The van der Waals surface area contributed by atoms with Gasteiger partial charge in [-0.25, -0.2) is 9.48 Å². The third-order valence-electron chi connectivity index (χ3n) is 2.23. The normalized spacial score (nSPS) is 10.2. The van der Waals surface area contributed by atoms with Crippen molar-refractivity contribution in [3.63, 3.8) is 0 Å². The monoisotopic (exact) mass is 296 g/mol. The molecule has 0 bridgehead atoms. The molecule has 1 aromatic carbocycles. The predicted octanol–water partition coefficient (Wildman–Crippen LogP) is 2.34. The number of halogens is 1. The number of nitrogens with zero attached hydrogens (tertiary/aromatic N) is 2. The number of carboxylic acid groups (broad SMARTS) is 1. The van der Waals surface area contributed by atoms with Gasteiger partial charge < -0.3 is 9.84 Å². The van der Waals surface area contributed by atoms with Gasteiger partial charge >= 0.3 is 5.97 Å². The lowest BCUT2D eigenvalue weighted by Gasteiger charge is -2.08. The highest BCUT2D eigenvalue weighted by atomic mass is 79.9. The Bertz CT molecular complexity index is 566. The van der Waals surface area contributed by atoms with Crippen LogP contribution in [0.25, 0.3) is 5.69 Å². The molecule has 1 heterocycles. The Hall–Kier alpha value is -1.82. The Morgan fingerprint density at radius 2 is 2.29 bits per heavy atom. The number of carbonyl (C=O) groups is 1. The van der Waals surface area contributed by atoms with Crippen LogP contribution in [-0.2, 0) is 0 Å². The van der Waals surface area contributed by atoms with Crippen molar-refractivity contribution in [1.29, 1.82) is 0 Å². The number of hydrogen-bond donors (Lipinski definition) is 1. The molecule has 0 fully saturated rings. The van der Waals surface area contributed by atoms with Crippen LogP contribution < -0.4 is 4.74 Å². The highest BCUT2D eigenvalue weighted by Gasteiger charge is 2.13. The van der Waals surface area contributed by atoms with Crippen molar-refractivity contribution < 1.29 is 14.6 Å². The molecule has 0 aliphatic heterocycles. The zero-order chi connectivity index (χ0) is 12.4. The minimum Gasteiger partial charge on any atom is -0.497 e. The standard InChI is InChI=1S/C11H9BrN2O3/c1-17-8-2-3-9(11(15)16)10(4-8)14-6-7(12)5-13-14/h2-6H,1H3,(H,15,16). The van der Waals surface area contributed by atoms with Crippen LogP contribution in [0.1, 0.15) is 10.4 Å². The van der Waals surface area contributed by atoms with Crippen LogP contribution in [0.5, 0.6) is 5.75 Å². The second-order valence-corrected chi connectivity index (χ2v) is 4.21. The van der Waals surface area contributed by atoms with Crippen molar-refractivity contribution in [2.75, 3.05) is 7.11 Å². The summed E-state index contributed by atoms with van der Waals surface area (Å²) < 4.78 is 7.33. The maximum atomic E-state index is 11.1. The number of ether oxygens (including phenoxy) is 1. The van der Waals surface area contributed by atoms with Gasteiger partial charge in [0.2, 0.25) is 0 Å². The molecule has 0 saturated heterocycles. The lowest BCUT2D eigenvalue weighted by molar-refractivity contribution is 0.0696. The Morgan fingerprint density at radius 3 is 2.82 bits per heavy atom. The fourth-order valence-electron chi connectivity index (χ4n) is 1.44. The van der Waals surface area contributed by atoms with Crippen molar-refractivity contribution in [2.24, 2.45) is 0 Å². The van der Waals surface area contributed by atoms with E-state index in [0.717, 1.165) is 4.47 Å². The van der Waals surface area contributed by atoms with E-state index >= 15 is 0 Å². The highest BCUT2D eigenvalue weighted by Crippen LogP contribution is 2.22. The molecule has 0 saturated carbocycles. The summed E-state index contributed by atoms with van der Waals surface area (Å²) in [5.41, 5.74) is 0.629. The maximum absolute atomic E-state index is 11.1. The van der Waals surface area contributed by atoms with Gasteiger partial charge in [-0.2, -0.15) is 5.10 Å². The molecular weight excluding hydrogens is 288 g/mol. The first-order chi connectivity index (χ1) is 8.11. The molecule has 88 valence electrons. The molecule has 0 unspecified atom stereocenters. The molecule has 0 radical (unpaired) electrons. The first-order valence-electron chi connectivity index (χ1n) is 4.73. The van der Waals surface area contributed by atoms with Crippen molar-refractivity contribution in [1.82, 2.24) is 9.78 Å². The van der Waals surface area contributed by atoms with E-state index < -0.39 is 5.97 Å². The smallest absolute Gasteiger partial charge is 0.337 e. The van der Waals surface area contributed by atoms with Crippen molar-refractivity contribution in [3.8, 4) is 11.4 Å². The Labute approximate surface area is 106 Å². The van der Waals surface area contributed by atoms with Crippen LogP contribution in [-0.4, -0.2) is 28.0 Å². The van der Waals surface area contributed by atoms with Gasteiger partial charge in [-0.1, -0.05) is 0 Å². The quantitative estimate of drug-likeness (QED) is 0.944. The average molecular weight is 297 g/mol. The lowest BCUT2D eigenvalue weighted by Crippen LogP contribution is -2.06. The summed E-state index contributed by atoms with van der Waals surface area (Å²) in [6.07, 6.45) is 3.27. The van der Waals surface area contributed by atoms with Crippen LogP contribution in [0.15, 0.2) is 35.1 Å². The molecule has 0 aliphatic carbocycles. The zero-order valence-electron chi connectivity index (χ0n) is 8.92. The first kappa shape index (κ1) is 11.7. The van der Waals surface area contributed by atoms with E-state index in [4.69, 9.17) is 9.84 Å². The summed E-state index contributed by atoms with van der Waals surface area (Å²) in [6.45, 7) is 0. The van der Waals surface area contributed by atoms with Gasteiger partial charge in [-0.3, -0.25) is 0 Å². The van der Waals surface area contributed by atoms with E-state index in [0.29, 0.717) is 11.4 Å². The molecule has 6 heteroatoms. The molecule has 0 spiro atoms. The molecule has 1 aromatic heterocycles. The van der Waals surface area contributed by atoms with E-state index in [1.807, 2.05) is 0 Å². The molecule has 2 rings (SSSR count). The first-order valence-corrected chi connectivity index (χ1v) is 5.53. The minimum atomic E-state index is -1.01. The Balaban J connectivity index is 2.60. The third-order valence-corrected chi connectivity index (χ3v) is 2.64. The topological polar surface area (TPSA) is 64.3 Å².